The van der Waals surface area contributed by atoms with Gasteiger partial charge in [0, 0.05) is 0 Å². The van der Waals surface area contributed by atoms with Gasteiger partial charge in [0.1, 0.15) is 5.76 Å². The van der Waals surface area contributed by atoms with Gasteiger partial charge in [-0.05, 0) is 43.0 Å². The highest BCUT2D eigenvalue weighted by Crippen LogP contribution is 2.30. The van der Waals surface area contributed by atoms with Crippen molar-refractivity contribution in [1.29, 1.82) is 0 Å². The minimum absolute atomic E-state index is 0.110. The molecule has 3 rings (SSSR count). The Morgan fingerprint density at radius 3 is 2.89 bits per heavy atom. The zero-order valence-electron chi connectivity index (χ0n) is 10.3. The summed E-state index contributed by atoms with van der Waals surface area (Å²) in [6, 6.07) is 11.9. The SMILES string of the molecule is Cc1ccc(C(=O)NC2CCc3ccccc32)o1. The number of hydrogen-bond acceptors (Lipinski definition) is 2. The van der Waals surface area contributed by atoms with Crippen LogP contribution in [0.5, 0.6) is 0 Å². The van der Waals surface area contributed by atoms with Crippen molar-refractivity contribution in [1.82, 2.24) is 5.32 Å². The van der Waals surface area contributed by atoms with Crippen LogP contribution < -0.4 is 5.32 Å². The molecule has 0 aliphatic heterocycles. The van der Waals surface area contributed by atoms with Crippen molar-refractivity contribution in [3.63, 3.8) is 0 Å². The van der Waals surface area contributed by atoms with Gasteiger partial charge in [-0.15, -0.1) is 0 Å². The summed E-state index contributed by atoms with van der Waals surface area (Å²) in [5, 5.41) is 3.03. The molecule has 1 aromatic carbocycles. The average molecular weight is 241 g/mol. The van der Waals surface area contributed by atoms with E-state index >= 15 is 0 Å². The fourth-order valence-electron chi connectivity index (χ4n) is 2.49. The van der Waals surface area contributed by atoms with Gasteiger partial charge in [-0.2, -0.15) is 0 Å². The number of hydrogen-bond donors (Lipinski definition) is 1. The normalized spacial score (nSPS) is 17.5. The van der Waals surface area contributed by atoms with E-state index in [1.807, 2.05) is 19.1 Å². The van der Waals surface area contributed by atoms with Crippen LogP contribution in [0.15, 0.2) is 40.8 Å². The number of fused-ring (bicyclic) bond motifs is 1. The van der Waals surface area contributed by atoms with Crippen LogP contribution in [0.4, 0.5) is 0 Å². The Hall–Kier alpha value is -2.03. The van der Waals surface area contributed by atoms with Crippen LogP contribution >= 0.6 is 0 Å². The molecule has 1 aromatic heterocycles. The lowest BCUT2D eigenvalue weighted by atomic mass is 10.1. The fraction of sp³-hybridized carbons (Fsp3) is 0.267. The van der Waals surface area contributed by atoms with Crippen molar-refractivity contribution in [3.05, 3.63) is 59.0 Å². The molecular weight excluding hydrogens is 226 g/mol. The first kappa shape index (κ1) is 11.1. The molecule has 1 heterocycles. The van der Waals surface area contributed by atoms with Crippen LogP contribution in [-0.4, -0.2) is 5.91 Å². The van der Waals surface area contributed by atoms with Gasteiger partial charge in [-0.3, -0.25) is 4.79 Å². The molecule has 0 radical (unpaired) electrons. The quantitative estimate of drug-likeness (QED) is 0.878. The minimum atomic E-state index is -0.134. The highest BCUT2D eigenvalue weighted by Gasteiger charge is 2.24. The Morgan fingerprint density at radius 2 is 2.11 bits per heavy atom. The van der Waals surface area contributed by atoms with Crippen molar-refractivity contribution in [2.24, 2.45) is 0 Å². The molecule has 1 amide bonds. The third-order valence-corrected chi connectivity index (χ3v) is 3.40. The molecule has 1 aliphatic carbocycles. The molecule has 3 heteroatoms. The third-order valence-electron chi connectivity index (χ3n) is 3.40. The predicted octanol–water partition coefficient (Wildman–Crippen LogP) is 3.01. The number of furan rings is 1. The van der Waals surface area contributed by atoms with Crippen LogP contribution in [0.1, 0.15) is 39.9 Å². The summed E-state index contributed by atoms with van der Waals surface area (Å²) < 4.78 is 5.33. The number of nitrogens with one attached hydrogen (secondary N) is 1. The summed E-state index contributed by atoms with van der Waals surface area (Å²) in [7, 11) is 0. The number of rotatable bonds is 2. The van der Waals surface area contributed by atoms with Crippen molar-refractivity contribution >= 4 is 5.91 Å². The second-order valence-corrected chi connectivity index (χ2v) is 4.67. The second-order valence-electron chi connectivity index (χ2n) is 4.67. The summed E-state index contributed by atoms with van der Waals surface area (Å²) in [6.45, 7) is 1.83. The van der Waals surface area contributed by atoms with Crippen LogP contribution in [-0.2, 0) is 6.42 Å². The molecule has 3 nitrogen and oxygen atoms in total. The molecule has 92 valence electrons. The van der Waals surface area contributed by atoms with E-state index in [0.717, 1.165) is 18.6 Å². The van der Waals surface area contributed by atoms with E-state index < -0.39 is 0 Å². The van der Waals surface area contributed by atoms with Crippen molar-refractivity contribution in [3.8, 4) is 0 Å². The Labute approximate surface area is 106 Å². The summed E-state index contributed by atoms with van der Waals surface area (Å²) in [6.07, 6.45) is 1.99. The molecule has 0 saturated heterocycles. The highest BCUT2D eigenvalue weighted by molar-refractivity contribution is 5.91. The average Bonchev–Trinajstić information content (AvgIpc) is 2.97. The van der Waals surface area contributed by atoms with Gasteiger partial charge in [-0.1, -0.05) is 24.3 Å². The van der Waals surface area contributed by atoms with Crippen LogP contribution in [0.25, 0.3) is 0 Å². The van der Waals surface area contributed by atoms with Crippen molar-refractivity contribution < 1.29 is 9.21 Å². The van der Waals surface area contributed by atoms with E-state index in [1.54, 1.807) is 12.1 Å². The highest BCUT2D eigenvalue weighted by atomic mass is 16.3. The third kappa shape index (κ3) is 1.92. The molecule has 0 spiro atoms. The second kappa shape index (κ2) is 4.33. The summed E-state index contributed by atoms with van der Waals surface area (Å²) in [5.41, 5.74) is 2.56. The van der Waals surface area contributed by atoms with Crippen molar-refractivity contribution in [2.45, 2.75) is 25.8 Å². The molecule has 1 N–H and O–H groups in total. The molecule has 0 saturated carbocycles. The van der Waals surface area contributed by atoms with E-state index in [4.69, 9.17) is 4.42 Å². The van der Waals surface area contributed by atoms with Gasteiger partial charge in [0.2, 0.25) is 0 Å². The molecule has 0 fully saturated rings. The Bertz CT molecular complexity index is 586. The Balaban J connectivity index is 1.77. The molecular formula is C15H15NO2. The molecule has 1 unspecified atom stereocenters. The zero-order valence-corrected chi connectivity index (χ0v) is 10.3. The lowest BCUT2D eigenvalue weighted by Gasteiger charge is -2.12. The molecule has 0 bridgehead atoms. The number of amides is 1. The topological polar surface area (TPSA) is 42.2 Å². The number of aryl methyl sites for hydroxylation is 2. The van der Waals surface area contributed by atoms with E-state index in [9.17, 15) is 4.79 Å². The Kier molecular flexibility index (Phi) is 2.67. The standard InChI is InChI=1S/C15H15NO2/c1-10-6-9-14(18-10)15(17)16-13-8-7-11-4-2-3-5-12(11)13/h2-6,9,13H,7-8H2,1H3,(H,16,17). The van der Waals surface area contributed by atoms with E-state index in [0.29, 0.717) is 5.76 Å². The van der Waals surface area contributed by atoms with Crippen molar-refractivity contribution in [2.75, 3.05) is 0 Å². The van der Waals surface area contributed by atoms with E-state index in [1.165, 1.54) is 11.1 Å². The van der Waals surface area contributed by atoms with Gasteiger partial charge in [-0.25, -0.2) is 0 Å². The minimum Gasteiger partial charge on any atom is -0.456 e. The molecule has 2 aromatic rings. The van der Waals surface area contributed by atoms with Gasteiger partial charge in [0.15, 0.2) is 5.76 Å². The van der Waals surface area contributed by atoms with Crippen LogP contribution in [0.3, 0.4) is 0 Å². The van der Waals surface area contributed by atoms with E-state index in [-0.39, 0.29) is 11.9 Å². The summed E-state index contributed by atoms with van der Waals surface area (Å²) in [4.78, 5) is 12.0. The smallest absolute Gasteiger partial charge is 0.287 e. The van der Waals surface area contributed by atoms with Gasteiger partial charge >= 0.3 is 0 Å². The first-order chi connectivity index (χ1) is 8.74. The zero-order chi connectivity index (χ0) is 12.5. The fourth-order valence-corrected chi connectivity index (χ4v) is 2.49. The summed E-state index contributed by atoms with van der Waals surface area (Å²) in [5.74, 6) is 1.01. The van der Waals surface area contributed by atoms with Gasteiger partial charge < -0.3 is 9.73 Å². The molecule has 1 atom stereocenters. The number of benzene rings is 1. The maximum absolute atomic E-state index is 12.0. The van der Waals surface area contributed by atoms with E-state index in [2.05, 4.69) is 17.4 Å². The number of carbonyl (C=O) groups excluding carboxylic acids is 1. The van der Waals surface area contributed by atoms with Gasteiger partial charge in [0.25, 0.3) is 5.91 Å². The van der Waals surface area contributed by atoms with Gasteiger partial charge in [0.05, 0.1) is 6.04 Å². The Morgan fingerprint density at radius 1 is 1.28 bits per heavy atom. The van der Waals surface area contributed by atoms with Crippen LogP contribution in [0.2, 0.25) is 0 Å². The lowest BCUT2D eigenvalue weighted by Crippen LogP contribution is -2.26. The first-order valence-electron chi connectivity index (χ1n) is 6.19. The largest absolute Gasteiger partial charge is 0.456 e. The summed E-state index contributed by atoms with van der Waals surface area (Å²) >= 11 is 0. The monoisotopic (exact) mass is 241 g/mol. The predicted molar refractivity (Wildman–Crippen MR) is 68.4 cm³/mol. The number of carbonyl (C=O) groups is 1. The molecule has 1 aliphatic rings. The lowest BCUT2D eigenvalue weighted by molar-refractivity contribution is 0.0907. The maximum atomic E-state index is 12.0. The van der Waals surface area contributed by atoms with Crippen LogP contribution in [0, 0.1) is 6.92 Å². The first-order valence-corrected chi connectivity index (χ1v) is 6.19. The maximum Gasteiger partial charge on any atom is 0.287 e. The molecule has 18 heavy (non-hydrogen) atoms.